The number of hydrogen-bond acceptors (Lipinski definition) is 8. The molecule has 1 saturated heterocycles. The molecule has 2 aromatic heterocycles. The van der Waals surface area contributed by atoms with E-state index >= 15 is 0 Å². The number of sulfone groups is 1. The summed E-state index contributed by atoms with van der Waals surface area (Å²) in [6, 6.07) is 10.6. The fourth-order valence-electron chi connectivity index (χ4n) is 3.25. The van der Waals surface area contributed by atoms with Crippen LogP contribution in [0.2, 0.25) is 0 Å². The first-order valence-electron chi connectivity index (χ1n) is 9.30. The second kappa shape index (κ2) is 8.19. The van der Waals surface area contributed by atoms with Crippen LogP contribution < -0.4 is 5.56 Å². The molecule has 0 N–H and O–H groups in total. The van der Waals surface area contributed by atoms with E-state index in [0.717, 1.165) is 17.3 Å². The van der Waals surface area contributed by atoms with Gasteiger partial charge in [-0.2, -0.15) is 0 Å². The highest BCUT2D eigenvalue weighted by molar-refractivity contribution is 7.99. The number of carbonyl (C=O) groups excluding carboxylic acids is 1. The Morgan fingerprint density at radius 1 is 1.30 bits per heavy atom. The molecule has 0 aliphatic carbocycles. The lowest BCUT2D eigenvalue weighted by Gasteiger charge is -2.13. The number of aryl methyl sites for hydroxylation is 1. The summed E-state index contributed by atoms with van der Waals surface area (Å²) in [6.45, 7) is 1.89. The first kappa shape index (κ1) is 20.5. The topological polar surface area (TPSA) is 108 Å². The molecule has 0 amide bonds. The van der Waals surface area contributed by atoms with E-state index < -0.39 is 21.9 Å². The molecule has 8 nitrogen and oxygen atoms in total. The number of thioether (sulfide) groups is 1. The monoisotopic (exact) mass is 445 g/mol. The lowest BCUT2D eigenvalue weighted by molar-refractivity contribution is -0.144. The van der Waals surface area contributed by atoms with Gasteiger partial charge in [0, 0.05) is 6.20 Å². The van der Waals surface area contributed by atoms with E-state index in [1.807, 2.05) is 13.0 Å². The van der Waals surface area contributed by atoms with E-state index in [-0.39, 0.29) is 22.8 Å². The van der Waals surface area contributed by atoms with Gasteiger partial charge in [-0.1, -0.05) is 23.9 Å². The lowest BCUT2D eigenvalue weighted by Crippen LogP contribution is -2.24. The molecule has 0 radical (unpaired) electrons. The summed E-state index contributed by atoms with van der Waals surface area (Å²) in [7, 11) is -3.14. The number of para-hydroxylation sites is 1. The van der Waals surface area contributed by atoms with Gasteiger partial charge in [0.2, 0.25) is 0 Å². The van der Waals surface area contributed by atoms with Crippen molar-refractivity contribution in [2.45, 2.75) is 24.6 Å². The SMILES string of the molecule is Cc1ccnc(-n2c(SCC(=O)O[C@@H]3CCS(=O)(=O)C3)nc3ccccc3c2=O)c1. The highest BCUT2D eigenvalue weighted by Gasteiger charge is 2.30. The number of aromatic nitrogens is 3. The molecule has 1 fully saturated rings. The Morgan fingerprint density at radius 2 is 2.10 bits per heavy atom. The van der Waals surface area contributed by atoms with Crippen LogP contribution in [0.5, 0.6) is 0 Å². The van der Waals surface area contributed by atoms with Crippen molar-refractivity contribution in [3.8, 4) is 5.82 Å². The summed E-state index contributed by atoms with van der Waals surface area (Å²) < 4.78 is 29.7. The van der Waals surface area contributed by atoms with E-state index in [1.165, 1.54) is 4.57 Å². The number of pyridine rings is 1. The Hall–Kier alpha value is -2.72. The van der Waals surface area contributed by atoms with Crippen molar-refractivity contribution in [3.63, 3.8) is 0 Å². The fourth-order valence-corrected chi connectivity index (χ4v) is 5.62. The molecule has 1 aliphatic rings. The average Bonchev–Trinajstić information content (AvgIpc) is 3.04. The minimum absolute atomic E-state index is 0.0306. The Balaban J connectivity index is 1.63. The quantitative estimate of drug-likeness (QED) is 0.333. The summed E-state index contributed by atoms with van der Waals surface area (Å²) in [6.07, 6.45) is 1.30. The van der Waals surface area contributed by atoms with Gasteiger partial charge in [0.1, 0.15) is 11.9 Å². The van der Waals surface area contributed by atoms with Gasteiger partial charge >= 0.3 is 5.97 Å². The summed E-state index contributed by atoms with van der Waals surface area (Å²) >= 11 is 1.06. The molecule has 0 unspecified atom stereocenters. The predicted octanol–water partition coefficient (Wildman–Crippen LogP) is 1.91. The van der Waals surface area contributed by atoms with Crippen LogP contribution in [0.3, 0.4) is 0 Å². The van der Waals surface area contributed by atoms with Crippen molar-refractivity contribution >= 4 is 38.5 Å². The molecular weight excluding hydrogens is 426 g/mol. The van der Waals surface area contributed by atoms with E-state index in [1.54, 1.807) is 36.5 Å². The smallest absolute Gasteiger partial charge is 0.316 e. The molecule has 4 rings (SSSR count). The van der Waals surface area contributed by atoms with Gasteiger partial charge in [0.05, 0.1) is 28.2 Å². The highest BCUT2D eigenvalue weighted by atomic mass is 32.2. The Kier molecular flexibility index (Phi) is 5.61. The number of benzene rings is 1. The van der Waals surface area contributed by atoms with Gasteiger partial charge in [-0.25, -0.2) is 23.0 Å². The maximum absolute atomic E-state index is 13.1. The molecular formula is C20H19N3O5S2. The normalized spacial score (nSPS) is 17.8. The van der Waals surface area contributed by atoms with Crippen molar-refractivity contribution in [3.05, 3.63) is 58.5 Å². The third-order valence-electron chi connectivity index (χ3n) is 4.68. The summed E-state index contributed by atoms with van der Waals surface area (Å²) in [5.41, 5.74) is 1.17. The molecule has 30 heavy (non-hydrogen) atoms. The van der Waals surface area contributed by atoms with E-state index in [2.05, 4.69) is 9.97 Å². The molecule has 10 heteroatoms. The van der Waals surface area contributed by atoms with Crippen molar-refractivity contribution in [1.82, 2.24) is 14.5 Å². The Bertz CT molecular complexity index is 1290. The molecule has 3 aromatic rings. The zero-order valence-electron chi connectivity index (χ0n) is 16.1. The summed E-state index contributed by atoms with van der Waals surface area (Å²) in [4.78, 5) is 34.3. The van der Waals surface area contributed by atoms with Crippen LogP contribution in [0.1, 0.15) is 12.0 Å². The maximum atomic E-state index is 13.1. The first-order chi connectivity index (χ1) is 14.3. The highest BCUT2D eigenvalue weighted by Crippen LogP contribution is 2.22. The van der Waals surface area contributed by atoms with Crippen LogP contribution in [0.15, 0.2) is 52.5 Å². The van der Waals surface area contributed by atoms with Gasteiger partial charge in [0.25, 0.3) is 5.56 Å². The Labute approximate surface area is 177 Å². The minimum Gasteiger partial charge on any atom is -0.461 e. The van der Waals surface area contributed by atoms with Crippen LogP contribution in [0.4, 0.5) is 0 Å². The van der Waals surface area contributed by atoms with Gasteiger partial charge in [-0.3, -0.25) is 9.59 Å². The number of carbonyl (C=O) groups is 1. The molecule has 1 atom stereocenters. The number of rotatable bonds is 5. The zero-order valence-corrected chi connectivity index (χ0v) is 17.8. The Morgan fingerprint density at radius 3 is 2.83 bits per heavy atom. The second-order valence-electron chi connectivity index (χ2n) is 7.05. The molecule has 3 heterocycles. The van der Waals surface area contributed by atoms with Crippen LogP contribution in [0, 0.1) is 6.92 Å². The maximum Gasteiger partial charge on any atom is 0.316 e. The number of nitrogens with zero attached hydrogens (tertiary/aromatic N) is 3. The number of fused-ring (bicyclic) bond motifs is 1. The lowest BCUT2D eigenvalue weighted by atomic mass is 10.2. The van der Waals surface area contributed by atoms with E-state index in [9.17, 15) is 18.0 Å². The van der Waals surface area contributed by atoms with E-state index in [4.69, 9.17) is 4.74 Å². The van der Waals surface area contributed by atoms with Crippen molar-refractivity contribution in [2.75, 3.05) is 17.3 Å². The molecule has 0 saturated carbocycles. The van der Waals surface area contributed by atoms with Crippen LogP contribution in [0.25, 0.3) is 16.7 Å². The number of ether oxygens (including phenoxy) is 1. The van der Waals surface area contributed by atoms with E-state index in [0.29, 0.717) is 28.3 Å². The zero-order chi connectivity index (χ0) is 21.3. The number of esters is 1. The third kappa shape index (κ3) is 4.39. The first-order valence-corrected chi connectivity index (χ1v) is 12.1. The molecule has 156 valence electrons. The molecule has 1 aliphatic heterocycles. The third-order valence-corrected chi connectivity index (χ3v) is 7.33. The van der Waals surface area contributed by atoms with Crippen molar-refractivity contribution in [1.29, 1.82) is 0 Å². The second-order valence-corrected chi connectivity index (χ2v) is 10.2. The van der Waals surface area contributed by atoms with Crippen LogP contribution in [-0.4, -0.2) is 52.3 Å². The van der Waals surface area contributed by atoms with Crippen molar-refractivity contribution in [2.24, 2.45) is 0 Å². The van der Waals surface area contributed by atoms with Crippen LogP contribution >= 0.6 is 11.8 Å². The van der Waals surface area contributed by atoms with Gasteiger partial charge in [-0.15, -0.1) is 0 Å². The standard InChI is InChI=1S/C20H19N3O5S2/c1-13-6-8-21-17(10-13)23-19(25)15-4-2-3-5-16(15)22-20(23)29-11-18(24)28-14-7-9-30(26,27)12-14/h2-6,8,10,14H,7,9,11-12H2,1H3/t14-/m1/s1. The fraction of sp³-hybridized carbons (Fsp3) is 0.300. The van der Waals surface area contributed by atoms with Gasteiger partial charge in [-0.05, 0) is 43.2 Å². The summed E-state index contributed by atoms with van der Waals surface area (Å²) in [5.74, 6) is -0.352. The number of hydrogen-bond donors (Lipinski definition) is 0. The van der Waals surface area contributed by atoms with Gasteiger partial charge in [0.15, 0.2) is 15.0 Å². The minimum atomic E-state index is -3.14. The molecule has 0 spiro atoms. The van der Waals surface area contributed by atoms with Gasteiger partial charge < -0.3 is 4.74 Å². The van der Waals surface area contributed by atoms with Crippen LogP contribution in [-0.2, 0) is 19.4 Å². The average molecular weight is 446 g/mol. The van der Waals surface area contributed by atoms with Crippen molar-refractivity contribution < 1.29 is 17.9 Å². The molecule has 1 aromatic carbocycles. The summed E-state index contributed by atoms with van der Waals surface area (Å²) in [5, 5.41) is 0.761. The predicted molar refractivity (Wildman–Crippen MR) is 114 cm³/mol. The molecule has 0 bridgehead atoms. The largest absolute Gasteiger partial charge is 0.461 e.